The van der Waals surface area contributed by atoms with Crippen LogP contribution in [0.5, 0.6) is 0 Å². The van der Waals surface area contributed by atoms with Crippen molar-refractivity contribution in [3.63, 3.8) is 0 Å². The number of allylic oxidation sites excluding steroid dienone is 10. The van der Waals surface area contributed by atoms with Gasteiger partial charge < -0.3 is 0 Å². The van der Waals surface area contributed by atoms with E-state index in [1.165, 1.54) is 76.9 Å². The summed E-state index contributed by atoms with van der Waals surface area (Å²) in [6.45, 7) is 0. The summed E-state index contributed by atoms with van der Waals surface area (Å²) in [7, 11) is 0. The van der Waals surface area contributed by atoms with Crippen LogP contribution in [0.1, 0.15) is 5.56 Å². The third-order valence-electron chi connectivity index (χ3n) is 9.40. The highest BCUT2D eigenvalue weighted by atomic mass is 14.4. The lowest BCUT2D eigenvalue weighted by atomic mass is 9.75. The second-order valence-corrected chi connectivity index (χ2v) is 11.6. The summed E-state index contributed by atoms with van der Waals surface area (Å²) < 4.78 is 0. The fourth-order valence-corrected chi connectivity index (χ4v) is 7.48. The second-order valence-electron chi connectivity index (χ2n) is 11.6. The predicted octanol–water partition coefficient (Wildman–Crippen LogP) is 11.1. The Balaban J connectivity index is 1.23. The van der Waals surface area contributed by atoms with Crippen LogP contribution < -0.4 is 0 Å². The van der Waals surface area contributed by atoms with Crippen LogP contribution >= 0.6 is 0 Å². The highest BCUT2D eigenvalue weighted by molar-refractivity contribution is 6.21. The van der Waals surface area contributed by atoms with E-state index in [1.807, 2.05) is 0 Å². The molecule has 0 nitrogen and oxygen atoms in total. The molecule has 0 aliphatic heterocycles. The Morgan fingerprint density at radius 2 is 1.02 bits per heavy atom. The summed E-state index contributed by atoms with van der Waals surface area (Å²) in [5.41, 5.74) is 10.6. The monoisotopic (exact) mass is 532 g/mol. The summed E-state index contributed by atoms with van der Waals surface area (Å²) in [5, 5.41) is 7.69. The standard InChI is InChI=1S/C42H28/c1-2-9-32-26-33(23-16-27(32)8-1)42-38-13-5-3-11-36(38)41(37-12-4-6-14-39(37)42)31-19-17-28(18-20-31)34-25-24-30-22-21-29-10-7-15-35(34)40(29)30/h1-26,30,40H. The van der Waals surface area contributed by atoms with Crippen molar-refractivity contribution >= 4 is 37.9 Å². The van der Waals surface area contributed by atoms with E-state index in [-0.39, 0.29) is 0 Å². The molecule has 0 saturated heterocycles. The molecule has 3 aliphatic carbocycles. The van der Waals surface area contributed by atoms with Crippen molar-refractivity contribution in [3.8, 4) is 22.3 Å². The SMILES string of the molecule is C1=CC2=C(c3ccc(-c4c5ccccc5c(-c5ccc6ccccc6c5)c5ccccc45)cc3)C=CC3C=CC(=C1)C23. The third kappa shape index (κ3) is 3.49. The van der Waals surface area contributed by atoms with Crippen molar-refractivity contribution in [1.82, 2.24) is 0 Å². The Morgan fingerprint density at radius 1 is 0.452 bits per heavy atom. The topological polar surface area (TPSA) is 0 Å². The first kappa shape index (κ1) is 23.5. The molecule has 0 saturated carbocycles. The van der Waals surface area contributed by atoms with Crippen molar-refractivity contribution in [3.05, 3.63) is 175 Å². The Labute approximate surface area is 246 Å². The van der Waals surface area contributed by atoms with Crippen LogP contribution in [0.2, 0.25) is 0 Å². The van der Waals surface area contributed by atoms with Gasteiger partial charge in [0.15, 0.2) is 0 Å². The maximum Gasteiger partial charge on any atom is 0.0193 e. The van der Waals surface area contributed by atoms with E-state index in [0.29, 0.717) is 11.8 Å². The molecule has 2 atom stereocenters. The van der Waals surface area contributed by atoms with Gasteiger partial charge in [0.2, 0.25) is 0 Å². The lowest BCUT2D eigenvalue weighted by molar-refractivity contribution is 0.649. The predicted molar refractivity (Wildman–Crippen MR) is 179 cm³/mol. The minimum Gasteiger partial charge on any atom is -0.0764 e. The normalized spacial score (nSPS) is 18.7. The molecule has 0 heteroatoms. The smallest absolute Gasteiger partial charge is 0.0193 e. The summed E-state index contributed by atoms with van der Waals surface area (Å²) in [4.78, 5) is 0. The van der Waals surface area contributed by atoms with Crippen LogP contribution in [0.3, 0.4) is 0 Å². The Hall–Kier alpha value is -5.20. The van der Waals surface area contributed by atoms with Crippen LogP contribution in [0.25, 0.3) is 60.1 Å². The second kappa shape index (κ2) is 9.16. The molecule has 0 heterocycles. The van der Waals surface area contributed by atoms with E-state index in [2.05, 4.69) is 158 Å². The van der Waals surface area contributed by atoms with Crippen LogP contribution in [-0.4, -0.2) is 0 Å². The van der Waals surface area contributed by atoms with Crippen molar-refractivity contribution in [2.75, 3.05) is 0 Å². The maximum atomic E-state index is 2.38. The average Bonchev–Trinajstić information content (AvgIpc) is 3.48. The molecule has 6 aromatic carbocycles. The summed E-state index contributed by atoms with van der Waals surface area (Å²) >= 11 is 0. The quantitative estimate of drug-likeness (QED) is 0.199. The van der Waals surface area contributed by atoms with Gasteiger partial charge in [-0.25, -0.2) is 0 Å². The minimum atomic E-state index is 0.463. The lowest BCUT2D eigenvalue weighted by Gasteiger charge is -2.28. The molecule has 196 valence electrons. The van der Waals surface area contributed by atoms with Gasteiger partial charge >= 0.3 is 0 Å². The van der Waals surface area contributed by atoms with Crippen LogP contribution in [0, 0.1) is 11.8 Å². The Morgan fingerprint density at radius 3 is 1.74 bits per heavy atom. The summed E-state index contributed by atoms with van der Waals surface area (Å²) in [6, 6.07) is 42.6. The first-order valence-corrected chi connectivity index (χ1v) is 14.9. The molecule has 0 aromatic heterocycles. The fourth-order valence-electron chi connectivity index (χ4n) is 7.48. The Bertz CT molecular complexity index is 2170. The average molecular weight is 533 g/mol. The van der Waals surface area contributed by atoms with Gasteiger partial charge in [0.25, 0.3) is 0 Å². The highest BCUT2D eigenvalue weighted by Crippen LogP contribution is 2.47. The largest absolute Gasteiger partial charge is 0.0764 e. The van der Waals surface area contributed by atoms with Crippen molar-refractivity contribution in [2.24, 2.45) is 11.8 Å². The number of rotatable bonds is 3. The minimum absolute atomic E-state index is 0.463. The number of fused-ring (bicyclic) bond motifs is 3. The van der Waals surface area contributed by atoms with Crippen molar-refractivity contribution in [1.29, 1.82) is 0 Å². The Kier molecular flexibility index (Phi) is 5.12. The molecule has 0 amide bonds. The zero-order valence-electron chi connectivity index (χ0n) is 23.2. The molecule has 0 bridgehead atoms. The maximum absolute atomic E-state index is 2.38. The van der Waals surface area contributed by atoms with E-state index < -0.39 is 0 Å². The molecule has 3 aliphatic rings. The number of hydrogen-bond acceptors (Lipinski definition) is 0. The van der Waals surface area contributed by atoms with Gasteiger partial charge in [0.05, 0.1) is 0 Å². The molecular weight excluding hydrogens is 504 g/mol. The van der Waals surface area contributed by atoms with Gasteiger partial charge in [-0.15, -0.1) is 0 Å². The number of hydrogen-bond donors (Lipinski definition) is 0. The van der Waals surface area contributed by atoms with E-state index >= 15 is 0 Å². The van der Waals surface area contributed by atoms with E-state index in [0.717, 1.165) is 0 Å². The van der Waals surface area contributed by atoms with Gasteiger partial charge in [-0.3, -0.25) is 0 Å². The van der Waals surface area contributed by atoms with Crippen molar-refractivity contribution in [2.45, 2.75) is 0 Å². The first-order valence-electron chi connectivity index (χ1n) is 14.9. The lowest BCUT2D eigenvalue weighted by Crippen LogP contribution is -2.16. The van der Waals surface area contributed by atoms with Gasteiger partial charge in [-0.05, 0) is 82.9 Å². The number of benzene rings is 6. The third-order valence-corrected chi connectivity index (χ3v) is 9.40. The highest BCUT2D eigenvalue weighted by Gasteiger charge is 2.32. The zero-order valence-corrected chi connectivity index (χ0v) is 23.2. The van der Waals surface area contributed by atoms with Crippen LogP contribution in [0.4, 0.5) is 0 Å². The molecule has 9 rings (SSSR count). The van der Waals surface area contributed by atoms with Gasteiger partial charge in [0, 0.05) is 11.8 Å². The molecule has 0 N–H and O–H groups in total. The van der Waals surface area contributed by atoms with E-state index in [1.54, 1.807) is 0 Å². The molecule has 42 heavy (non-hydrogen) atoms. The fraction of sp³-hybridized carbons (Fsp3) is 0.0476. The van der Waals surface area contributed by atoms with Gasteiger partial charge in [0.1, 0.15) is 0 Å². The molecule has 2 unspecified atom stereocenters. The molecular formula is C42H28. The zero-order chi connectivity index (χ0) is 27.6. The van der Waals surface area contributed by atoms with Crippen molar-refractivity contribution < 1.29 is 0 Å². The van der Waals surface area contributed by atoms with Gasteiger partial charge in [-0.1, -0.05) is 152 Å². The van der Waals surface area contributed by atoms with Crippen LogP contribution in [-0.2, 0) is 0 Å². The molecule has 6 aromatic rings. The first-order chi connectivity index (χ1) is 20.8. The summed E-state index contributed by atoms with van der Waals surface area (Å²) in [6.07, 6.45) is 16.1. The van der Waals surface area contributed by atoms with Crippen LogP contribution in [0.15, 0.2) is 169 Å². The summed E-state index contributed by atoms with van der Waals surface area (Å²) in [5.74, 6) is 0.947. The molecule has 0 radical (unpaired) electrons. The van der Waals surface area contributed by atoms with E-state index in [9.17, 15) is 0 Å². The van der Waals surface area contributed by atoms with Gasteiger partial charge in [-0.2, -0.15) is 0 Å². The van der Waals surface area contributed by atoms with E-state index in [4.69, 9.17) is 0 Å². The molecule has 0 fully saturated rings. The molecule has 0 spiro atoms.